The summed E-state index contributed by atoms with van der Waals surface area (Å²) in [4.78, 5) is 15.5. The number of allylic oxidation sites excluding steroid dienone is 1. The molecule has 1 N–H and O–H groups in total. The van der Waals surface area contributed by atoms with Gasteiger partial charge in [0, 0.05) is 12.5 Å². The number of benzene rings is 1. The van der Waals surface area contributed by atoms with Crippen molar-refractivity contribution in [3.05, 3.63) is 47.0 Å². The van der Waals surface area contributed by atoms with Crippen molar-refractivity contribution in [1.29, 1.82) is 0 Å². The number of piperidine rings is 1. The van der Waals surface area contributed by atoms with Crippen LogP contribution in [0.25, 0.3) is 0 Å². The molecule has 7 rings (SSSR count). The first-order chi connectivity index (χ1) is 19.7. The Kier molecular flexibility index (Phi) is 7.09. The zero-order valence-electron chi connectivity index (χ0n) is 25.7. The monoisotopic (exact) mass is 561 g/mol. The molecule has 5 fully saturated rings. The van der Waals surface area contributed by atoms with Gasteiger partial charge in [0.25, 0.3) is 0 Å². The molecule has 2 aliphatic heterocycles. The number of rotatable bonds is 2. The number of nitrogens with zero attached hydrogens (tertiary/aromatic N) is 1. The minimum absolute atomic E-state index is 0.0836. The molecule has 224 valence electrons. The smallest absolute Gasteiger partial charge is 0.410 e. The fourth-order valence-corrected chi connectivity index (χ4v) is 11.0. The number of hydrogen-bond donors (Lipinski definition) is 1. The summed E-state index contributed by atoms with van der Waals surface area (Å²) in [6.45, 7) is 10.7. The van der Waals surface area contributed by atoms with E-state index < -0.39 is 0 Å². The number of likely N-dealkylation sites (tertiary alicyclic amines) is 1. The molecule has 41 heavy (non-hydrogen) atoms. The third kappa shape index (κ3) is 4.60. The standard InChI is InChI=1S/C36H51NO4/c1-22-16-32-33(37(20-22)34(39)40-21-25-8-6-5-7-9-25)24(3)36(41-32)15-13-28-29-11-10-26-17-27(38)12-14-35(26,4)31(29)18-30(28)23(2)19-36/h5-9,22,24,26-29,31-33,38H,10-21H2,1-4H3/t22-,24+,26?,27+,28-,29-,31-,32+,33-,35-,36-/m0/s1. The molecule has 1 amide bonds. The number of ether oxygens (including phenoxy) is 2. The zero-order valence-corrected chi connectivity index (χ0v) is 25.7. The van der Waals surface area contributed by atoms with Gasteiger partial charge >= 0.3 is 6.09 Å². The van der Waals surface area contributed by atoms with Crippen molar-refractivity contribution in [3.63, 3.8) is 0 Å². The predicted octanol–water partition coefficient (Wildman–Crippen LogP) is 7.52. The summed E-state index contributed by atoms with van der Waals surface area (Å²) < 4.78 is 13.1. The highest BCUT2D eigenvalue weighted by molar-refractivity contribution is 5.68. The van der Waals surface area contributed by atoms with E-state index in [1.807, 2.05) is 35.2 Å². The van der Waals surface area contributed by atoms with E-state index in [1.165, 1.54) is 32.1 Å². The highest BCUT2D eigenvalue weighted by Crippen LogP contribution is 2.65. The Labute approximate surface area is 247 Å². The molecule has 5 nitrogen and oxygen atoms in total. The molecule has 4 aliphatic carbocycles. The molecule has 0 bridgehead atoms. The Morgan fingerprint density at radius 1 is 1.10 bits per heavy atom. The van der Waals surface area contributed by atoms with Gasteiger partial charge in [0.05, 0.1) is 23.9 Å². The van der Waals surface area contributed by atoms with Crippen molar-refractivity contribution in [2.75, 3.05) is 6.54 Å². The van der Waals surface area contributed by atoms with Crippen molar-refractivity contribution < 1.29 is 19.4 Å². The van der Waals surface area contributed by atoms with Crippen LogP contribution in [0, 0.1) is 40.9 Å². The summed E-state index contributed by atoms with van der Waals surface area (Å²) in [5.74, 6) is 3.63. The predicted molar refractivity (Wildman–Crippen MR) is 160 cm³/mol. The van der Waals surface area contributed by atoms with Gasteiger partial charge in [-0.3, -0.25) is 0 Å². The average Bonchev–Trinajstić information content (AvgIpc) is 3.42. The second-order valence-electron chi connectivity index (χ2n) is 15.3. The van der Waals surface area contributed by atoms with Gasteiger partial charge in [-0.15, -0.1) is 0 Å². The Morgan fingerprint density at radius 3 is 2.71 bits per heavy atom. The maximum absolute atomic E-state index is 13.5. The molecule has 1 unspecified atom stereocenters. The Bertz CT molecular complexity index is 1180. The van der Waals surface area contributed by atoms with E-state index in [0.29, 0.717) is 29.8 Å². The third-order valence-electron chi connectivity index (χ3n) is 13.2. The lowest BCUT2D eigenvalue weighted by Gasteiger charge is -2.53. The number of fused-ring (bicyclic) bond motifs is 6. The second kappa shape index (κ2) is 10.4. The van der Waals surface area contributed by atoms with Gasteiger partial charge in [-0.25, -0.2) is 4.79 Å². The molecule has 6 aliphatic rings. The summed E-state index contributed by atoms with van der Waals surface area (Å²) >= 11 is 0. The van der Waals surface area contributed by atoms with Crippen LogP contribution in [0.4, 0.5) is 4.79 Å². The quantitative estimate of drug-likeness (QED) is 0.380. The van der Waals surface area contributed by atoms with Crippen LogP contribution >= 0.6 is 0 Å². The highest BCUT2D eigenvalue weighted by Gasteiger charge is 2.60. The van der Waals surface area contributed by atoms with Crippen LogP contribution in [0.2, 0.25) is 0 Å². The molecule has 3 saturated carbocycles. The van der Waals surface area contributed by atoms with Crippen LogP contribution in [0.5, 0.6) is 0 Å². The van der Waals surface area contributed by atoms with Crippen LogP contribution in [-0.4, -0.2) is 46.5 Å². The molecule has 0 radical (unpaired) electrons. The van der Waals surface area contributed by atoms with Gasteiger partial charge in [0.15, 0.2) is 0 Å². The van der Waals surface area contributed by atoms with Gasteiger partial charge in [-0.1, -0.05) is 62.2 Å². The molecule has 5 heteroatoms. The fraction of sp³-hybridized carbons (Fsp3) is 0.750. The summed E-state index contributed by atoms with van der Waals surface area (Å²) in [6, 6.07) is 10.1. The lowest BCUT2D eigenvalue weighted by Crippen LogP contribution is -2.54. The largest absolute Gasteiger partial charge is 0.445 e. The van der Waals surface area contributed by atoms with E-state index in [9.17, 15) is 9.90 Å². The number of carbonyl (C=O) groups is 1. The van der Waals surface area contributed by atoms with Crippen molar-refractivity contribution in [3.8, 4) is 0 Å². The van der Waals surface area contributed by atoms with Crippen molar-refractivity contribution in [1.82, 2.24) is 4.90 Å². The molecule has 11 atom stereocenters. The van der Waals surface area contributed by atoms with E-state index in [-0.39, 0.29) is 35.9 Å². The normalized spacial score (nSPS) is 45.5. The molecule has 0 aromatic heterocycles. The molecule has 1 aromatic carbocycles. The molecule has 1 spiro atoms. The lowest BCUT2D eigenvalue weighted by atomic mass is 9.52. The number of hydrogen-bond acceptors (Lipinski definition) is 4. The first-order valence-electron chi connectivity index (χ1n) is 16.7. The first kappa shape index (κ1) is 28.0. The summed E-state index contributed by atoms with van der Waals surface area (Å²) in [6.07, 6.45) is 11.2. The topological polar surface area (TPSA) is 59.0 Å². The van der Waals surface area contributed by atoms with Crippen LogP contribution in [0.15, 0.2) is 41.5 Å². The third-order valence-corrected chi connectivity index (χ3v) is 13.2. The van der Waals surface area contributed by atoms with Crippen LogP contribution in [-0.2, 0) is 16.1 Å². The van der Waals surface area contributed by atoms with E-state index in [1.54, 1.807) is 11.1 Å². The SMILES string of the molecule is CC1=C2C[C@H]3[C@@H](CCC4C[C@H](O)CC[C@@]43C)[C@@H]2CC[C@@]2(C1)O[C@@H]1C[C@H](C)CN(C(=O)OCc3ccccc3)[C@H]1[C@H]2C. The van der Waals surface area contributed by atoms with Crippen LogP contribution in [0.3, 0.4) is 0 Å². The number of amides is 1. The molecule has 2 saturated heterocycles. The van der Waals surface area contributed by atoms with Crippen LogP contribution in [0.1, 0.15) is 97.5 Å². The Morgan fingerprint density at radius 2 is 1.90 bits per heavy atom. The maximum atomic E-state index is 13.5. The van der Waals surface area contributed by atoms with Gasteiger partial charge in [0.1, 0.15) is 6.61 Å². The van der Waals surface area contributed by atoms with Gasteiger partial charge in [-0.2, -0.15) is 0 Å². The molecule has 2 heterocycles. The molecule has 1 aromatic rings. The maximum Gasteiger partial charge on any atom is 0.410 e. The zero-order chi connectivity index (χ0) is 28.5. The van der Waals surface area contributed by atoms with E-state index in [2.05, 4.69) is 27.7 Å². The summed E-state index contributed by atoms with van der Waals surface area (Å²) in [5, 5.41) is 10.4. The van der Waals surface area contributed by atoms with Gasteiger partial charge in [-0.05, 0) is 112 Å². The summed E-state index contributed by atoms with van der Waals surface area (Å²) in [5.41, 5.74) is 4.56. The first-order valence-corrected chi connectivity index (χ1v) is 16.7. The fourth-order valence-electron chi connectivity index (χ4n) is 11.0. The number of aliphatic hydroxyl groups excluding tert-OH is 1. The minimum atomic E-state index is -0.190. The van der Waals surface area contributed by atoms with Gasteiger partial charge in [0.2, 0.25) is 0 Å². The Hall–Kier alpha value is -1.85. The summed E-state index contributed by atoms with van der Waals surface area (Å²) in [7, 11) is 0. The Balaban J connectivity index is 1.11. The second-order valence-corrected chi connectivity index (χ2v) is 15.3. The van der Waals surface area contributed by atoms with Crippen LogP contribution < -0.4 is 0 Å². The van der Waals surface area contributed by atoms with Crippen molar-refractivity contribution in [2.24, 2.45) is 40.9 Å². The lowest BCUT2D eigenvalue weighted by molar-refractivity contribution is -0.0832. The van der Waals surface area contributed by atoms with Crippen molar-refractivity contribution in [2.45, 2.75) is 122 Å². The van der Waals surface area contributed by atoms with Gasteiger partial charge < -0.3 is 19.5 Å². The molecular formula is C36H51NO4. The number of aliphatic hydroxyl groups is 1. The van der Waals surface area contributed by atoms with E-state index >= 15 is 0 Å². The van der Waals surface area contributed by atoms with Crippen molar-refractivity contribution >= 4 is 6.09 Å². The average molecular weight is 562 g/mol. The van der Waals surface area contributed by atoms with E-state index in [0.717, 1.165) is 56.0 Å². The van der Waals surface area contributed by atoms with E-state index in [4.69, 9.17) is 9.47 Å². The highest BCUT2D eigenvalue weighted by atomic mass is 16.6. The minimum Gasteiger partial charge on any atom is -0.445 e. The number of carbonyl (C=O) groups excluding carboxylic acids is 1. The molecular weight excluding hydrogens is 510 g/mol.